The number of carbonyl (C=O) groups is 1. The van der Waals surface area contributed by atoms with Crippen LogP contribution < -0.4 is 15.5 Å². The highest BCUT2D eigenvalue weighted by Gasteiger charge is 2.07. The van der Waals surface area contributed by atoms with Gasteiger partial charge in [-0.25, -0.2) is 5.43 Å². The summed E-state index contributed by atoms with van der Waals surface area (Å²) in [7, 11) is 1.60. The van der Waals surface area contributed by atoms with Crippen LogP contribution in [0.2, 0.25) is 0 Å². The Morgan fingerprint density at radius 3 is 2.54 bits per heavy atom. The highest BCUT2D eigenvalue weighted by Crippen LogP contribution is 2.33. The first-order chi connectivity index (χ1) is 11.5. The van der Waals surface area contributed by atoms with Crippen molar-refractivity contribution in [3.63, 3.8) is 0 Å². The summed E-state index contributed by atoms with van der Waals surface area (Å²) < 4.78 is 6.84. The third-order valence-corrected chi connectivity index (χ3v) is 4.39. The summed E-state index contributed by atoms with van der Waals surface area (Å²) in [5, 5.41) is 7.04. The monoisotopic (exact) mass is 453 g/mol. The topological polar surface area (TPSA) is 62.7 Å². The molecule has 0 aliphatic heterocycles. The number of carbonyl (C=O) groups excluding carboxylic acids is 1. The van der Waals surface area contributed by atoms with E-state index in [1.807, 2.05) is 43.3 Å². The number of hydrogen-bond donors (Lipinski definition) is 2. The summed E-state index contributed by atoms with van der Waals surface area (Å²) in [5.74, 6) is 0.486. The molecule has 0 aliphatic carbocycles. The van der Waals surface area contributed by atoms with Crippen molar-refractivity contribution in [3.05, 3.63) is 56.5 Å². The Balaban J connectivity index is 1.90. The van der Waals surface area contributed by atoms with Crippen LogP contribution in [0.3, 0.4) is 0 Å². The molecular weight excluding hydrogens is 438 g/mol. The van der Waals surface area contributed by atoms with E-state index in [-0.39, 0.29) is 12.5 Å². The zero-order valence-corrected chi connectivity index (χ0v) is 16.4. The summed E-state index contributed by atoms with van der Waals surface area (Å²) in [6, 6.07) is 11.5. The van der Waals surface area contributed by atoms with E-state index >= 15 is 0 Å². The van der Waals surface area contributed by atoms with E-state index in [2.05, 4.69) is 47.7 Å². The fourth-order valence-electron chi connectivity index (χ4n) is 2.01. The summed E-state index contributed by atoms with van der Waals surface area (Å²) in [6.45, 7) is 2.13. The van der Waals surface area contributed by atoms with E-state index in [1.54, 1.807) is 13.3 Å². The Morgan fingerprint density at radius 2 is 1.92 bits per heavy atom. The summed E-state index contributed by atoms with van der Waals surface area (Å²) in [6.07, 6.45) is 1.57. The van der Waals surface area contributed by atoms with Gasteiger partial charge in [-0.3, -0.25) is 4.79 Å². The number of nitrogens with zero attached hydrogens (tertiary/aromatic N) is 1. The minimum absolute atomic E-state index is 0.151. The largest absolute Gasteiger partial charge is 0.494 e. The smallest absolute Gasteiger partial charge is 0.259 e. The quantitative estimate of drug-likeness (QED) is 0.510. The molecule has 0 saturated carbocycles. The molecule has 2 aromatic rings. The number of halogens is 2. The van der Waals surface area contributed by atoms with E-state index < -0.39 is 0 Å². The molecule has 2 rings (SSSR count). The van der Waals surface area contributed by atoms with Gasteiger partial charge in [0.1, 0.15) is 5.75 Å². The number of methoxy groups -OCH3 is 1. The van der Waals surface area contributed by atoms with Crippen molar-refractivity contribution in [2.75, 3.05) is 19.0 Å². The molecule has 2 aromatic carbocycles. The van der Waals surface area contributed by atoms with Crippen molar-refractivity contribution in [3.8, 4) is 5.75 Å². The fraction of sp³-hybridized carbons (Fsp3) is 0.176. The average molecular weight is 455 g/mol. The van der Waals surface area contributed by atoms with Crippen molar-refractivity contribution >= 4 is 49.7 Å². The number of para-hydroxylation sites is 1. The fourth-order valence-corrected chi connectivity index (χ4v) is 3.56. The number of amides is 1. The van der Waals surface area contributed by atoms with Crippen LogP contribution in [-0.2, 0) is 4.79 Å². The van der Waals surface area contributed by atoms with Gasteiger partial charge in [-0.1, -0.05) is 18.2 Å². The van der Waals surface area contributed by atoms with Gasteiger partial charge >= 0.3 is 0 Å². The molecule has 0 aliphatic rings. The maximum atomic E-state index is 11.8. The number of nitrogens with one attached hydrogen (secondary N) is 2. The van der Waals surface area contributed by atoms with Gasteiger partial charge in [-0.2, -0.15) is 5.10 Å². The van der Waals surface area contributed by atoms with Gasteiger partial charge in [0.25, 0.3) is 5.91 Å². The Morgan fingerprint density at radius 1 is 1.25 bits per heavy atom. The summed E-state index contributed by atoms with van der Waals surface area (Å²) in [4.78, 5) is 11.8. The number of anilines is 1. The van der Waals surface area contributed by atoms with Gasteiger partial charge in [0.15, 0.2) is 0 Å². The molecule has 0 spiro atoms. The number of rotatable bonds is 6. The first-order valence-corrected chi connectivity index (χ1v) is 8.74. The van der Waals surface area contributed by atoms with Crippen LogP contribution in [0.1, 0.15) is 11.1 Å². The van der Waals surface area contributed by atoms with Gasteiger partial charge in [-0.15, -0.1) is 0 Å². The number of hydrogen-bond acceptors (Lipinski definition) is 4. The maximum absolute atomic E-state index is 11.8. The van der Waals surface area contributed by atoms with Crippen molar-refractivity contribution < 1.29 is 9.53 Å². The Hall–Kier alpha value is -1.86. The zero-order chi connectivity index (χ0) is 17.5. The molecule has 0 aromatic heterocycles. The first-order valence-electron chi connectivity index (χ1n) is 7.15. The van der Waals surface area contributed by atoms with Gasteiger partial charge < -0.3 is 10.1 Å². The predicted octanol–water partition coefficient (Wildman–Crippen LogP) is 4.09. The molecule has 24 heavy (non-hydrogen) atoms. The maximum Gasteiger partial charge on any atom is 0.259 e. The molecule has 0 fully saturated rings. The lowest BCUT2D eigenvalue weighted by atomic mass is 10.2. The molecule has 5 nitrogen and oxygen atoms in total. The number of aryl methyl sites for hydroxylation is 1. The normalized spacial score (nSPS) is 10.7. The molecule has 0 unspecified atom stereocenters. The van der Waals surface area contributed by atoms with Gasteiger partial charge in [0.05, 0.1) is 28.8 Å². The number of ether oxygens (including phenoxy) is 1. The Bertz CT molecular complexity index is 740. The Kier molecular flexibility index (Phi) is 6.81. The first kappa shape index (κ1) is 18.5. The van der Waals surface area contributed by atoms with E-state index in [9.17, 15) is 4.79 Å². The van der Waals surface area contributed by atoms with E-state index in [0.29, 0.717) is 5.75 Å². The van der Waals surface area contributed by atoms with Gasteiger partial charge in [0.2, 0.25) is 0 Å². The van der Waals surface area contributed by atoms with Crippen molar-refractivity contribution in [2.24, 2.45) is 5.10 Å². The SMILES string of the molecule is COc1c(Br)cc(/C=N/NC(=O)CNc2ccccc2C)cc1Br. The number of benzene rings is 2. The minimum Gasteiger partial charge on any atom is -0.494 e. The molecule has 1 amide bonds. The molecule has 0 heterocycles. The van der Waals surface area contributed by atoms with E-state index in [1.165, 1.54) is 0 Å². The lowest BCUT2D eigenvalue weighted by Gasteiger charge is -2.08. The second-order valence-corrected chi connectivity index (χ2v) is 6.69. The van der Waals surface area contributed by atoms with Crippen LogP contribution in [0.4, 0.5) is 5.69 Å². The lowest BCUT2D eigenvalue weighted by Crippen LogP contribution is -2.26. The molecule has 7 heteroatoms. The highest BCUT2D eigenvalue weighted by atomic mass is 79.9. The second kappa shape index (κ2) is 8.84. The third kappa shape index (κ3) is 5.07. The number of hydrazone groups is 1. The molecular formula is C17H17Br2N3O2. The zero-order valence-electron chi connectivity index (χ0n) is 13.3. The van der Waals surface area contributed by atoms with Crippen molar-refractivity contribution in [1.82, 2.24) is 5.43 Å². The van der Waals surface area contributed by atoms with Crippen molar-refractivity contribution in [2.45, 2.75) is 6.92 Å². The molecule has 2 N–H and O–H groups in total. The van der Waals surface area contributed by atoms with Gasteiger partial charge in [-0.05, 0) is 68.1 Å². The van der Waals surface area contributed by atoms with Crippen LogP contribution in [0.25, 0.3) is 0 Å². The van der Waals surface area contributed by atoms with Gasteiger partial charge in [0, 0.05) is 5.69 Å². The standard InChI is InChI=1S/C17H17Br2N3O2/c1-11-5-3-4-6-15(11)20-10-16(23)22-21-9-12-7-13(18)17(24-2)14(19)8-12/h3-9,20H,10H2,1-2H3,(H,22,23)/b21-9+. The molecule has 126 valence electrons. The minimum atomic E-state index is -0.221. The van der Waals surface area contributed by atoms with Crippen LogP contribution >= 0.6 is 31.9 Å². The highest BCUT2D eigenvalue weighted by molar-refractivity contribution is 9.11. The summed E-state index contributed by atoms with van der Waals surface area (Å²) in [5.41, 5.74) is 5.33. The Labute approximate surface area is 157 Å². The molecule has 0 saturated heterocycles. The van der Waals surface area contributed by atoms with Crippen LogP contribution in [-0.4, -0.2) is 25.8 Å². The molecule has 0 atom stereocenters. The third-order valence-electron chi connectivity index (χ3n) is 3.21. The van der Waals surface area contributed by atoms with Crippen LogP contribution in [0.15, 0.2) is 50.4 Å². The average Bonchev–Trinajstić information content (AvgIpc) is 2.54. The predicted molar refractivity (Wildman–Crippen MR) is 104 cm³/mol. The van der Waals surface area contributed by atoms with Crippen LogP contribution in [0, 0.1) is 6.92 Å². The van der Waals surface area contributed by atoms with E-state index in [4.69, 9.17) is 4.74 Å². The van der Waals surface area contributed by atoms with Crippen LogP contribution in [0.5, 0.6) is 5.75 Å². The lowest BCUT2D eigenvalue weighted by molar-refractivity contribution is -0.119. The molecule has 0 bridgehead atoms. The second-order valence-electron chi connectivity index (χ2n) is 4.98. The molecule has 0 radical (unpaired) electrons. The van der Waals surface area contributed by atoms with E-state index in [0.717, 1.165) is 25.8 Å². The summed E-state index contributed by atoms with van der Waals surface area (Å²) >= 11 is 6.84. The van der Waals surface area contributed by atoms with Crippen molar-refractivity contribution in [1.29, 1.82) is 0 Å².